The first-order valence-corrected chi connectivity index (χ1v) is 10.4. The summed E-state index contributed by atoms with van der Waals surface area (Å²) in [6.45, 7) is 0.224. The lowest BCUT2D eigenvalue weighted by Gasteiger charge is -2.28. The summed E-state index contributed by atoms with van der Waals surface area (Å²) in [5.74, 6) is 0.0845. The van der Waals surface area contributed by atoms with Gasteiger partial charge >= 0.3 is 0 Å². The van der Waals surface area contributed by atoms with Crippen LogP contribution in [0.25, 0.3) is 10.9 Å². The molecule has 25 heavy (non-hydrogen) atoms. The molecule has 1 aliphatic carbocycles. The van der Waals surface area contributed by atoms with Gasteiger partial charge in [0.25, 0.3) is 16.0 Å². The summed E-state index contributed by atoms with van der Waals surface area (Å²) in [5, 5.41) is 4.58. The number of carbonyl (C=O) groups is 1. The molecule has 0 atom stereocenters. The highest BCUT2D eigenvalue weighted by molar-refractivity contribution is 7.85. The van der Waals surface area contributed by atoms with Crippen molar-refractivity contribution in [3.8, 4) is 0 Å². The molecular formula is C17H21ClN2O4S. The van der Waals surface area contributed by atoms with Gasteiger partial charge in [0.1, 0.15) is 5.69 Å². The predicted molar refractivity (Wildman–Crippen MR) is 97.3 cm³/mol. The van der Waals surface area contributed by atoms with E-state index in [2.05, 4.69) is 10.3 Å². The number of aromatic nitrogens is 1. The number of H-pyrrole nitrogens is 1. The van der Waals surface area contributed by atoms with Crippen molar-refractivity contribution in [1.29, 1.82) is 0 Å². The number of benzene rings is 1. The lowest BCUT2D eigenvalue weighted by atomic mass is 9.86. The lowest BCUT2D eigenvalue weighted by Crippen LogP contribution is -2.38. The predicted octanol–water partition coefficient (Wildman–Crippen LogP) is 3.09. The third-order valence-corrected chi connectivity index (χ3v) is 5.33. The van der Waals surface area contributed by atoms with E-state index in [9.17, 15) is 13.2 Å². The number of hydrogen-bond donors (Lipinski definition) is 2. The number of fused-ring (bicyclic) bond motifs is 1. The zero-order chi connectivity index (χ0) is 18.0. The highest BCUT2D eigenvalue weighted by Gasteiger charge is 2.24. The van der Waals surface area contributed by atoms with Crippen molar-refractivity contribution in [1.82, 2.24) is 10.3 Å². The molecule has 136 valence electrons. The second kappa shape index (κ2) is 7.35. The van der Waals surface area contributed by atoms with Crippen LogP contribution in [0.15, 0.2) is 24.3 Å². The number of carbonyl (C=O) groups excluding carboxylic acids is 1. The van der Waals surface area contributed by atoms with E-state index in [1.165, 1.54) is 0 Å². The molecule has 0 radical (unpaired) electrons. The van der Waals surface area contributed by atoms with Gasteiger partial charge in [-0.15, -0.1) is 0 Å². The number of hydrogen-bond acceptors (Lipinski definition) is 4. The molecule has 3 rings (SSSR count). The van der Waals surface area contributed by atoms with Gasteiger partial charge in [0, 0.05) is 22.0 Å². The second-order valence-electron chi connectivity index (χ2n) is 6.59. The second-order valence-corrected chi connectivity index (χ2v) is 8.67. The van der Waals surface area contributed by atoms with E-state index in [0.29, 0.717) is 10.7 Å². The van der Waals surface area contributed by atoms with Crippen LogP contribution in [0.1, 0.15) is 36.2 Å². The Bertz CT molecular complexity index is 870. The lowest BCUT2D eigenvalue weighted by molar-refractivity contribution is 0.0913. The van der Waals surface area contributed by atoms with Crippen molar-refractivity contribution in [2.45, 2.75) is 31.7 Å². The molecule has 0 bridgehead atoms. The summed E-state index contributed by atoms with van der Waals surface area (Å²) in [6.07, 6.45) is 4.36. The first-order valence-electron chi connectivity index (χ1n) is 8.24. The standard InChI is InChI=1S/C17H21ClN2O4S/c1-25(22,23)24-10-11-2-5-14(6-3-11)19-17(21)16-9-12-8-13(18)4-7-15(12)20-16/h4,7-9,11,14,20H,2-3,5-6,10H2,1H3,(H,19,21). The summed E-state index contributed by atoms with van der Waals surface area (Å²) >= 11 is 5.97. The van der Waals surface area contributed by atoms with Crippen molar-refractivity contribution >= 4 is 38.5 Å². The van der Waals surface area contributed by atoms with Gasteiger partial charge in [-0.05, 0) is 55.9 Å². The maximum Gasteiger partial charge on any atom is 0.267 e. The van der Waals surface area contributed by atoms with Gasteiger partial charge in [-0.2, -0.15) is 8.42 Å². The van der Waals surface area contributed by atoms with Crippen LogP contribution in [0.4, 0.5) is 0 Å². The van der Waals surface area contributed by atoms with Gasteiger partial charge in [-0.1, -0.05) is 11.6 Å². The smallest absolute Gasteiger partial charge is 0.267 e. The molecule has 1 aromatic heterocycles. The highest BCUT2D eigenvalue weighted by Crippen LogP contribution is 2.25. The summed E-state index contributed by atoms with van der Waals surface area (Å²) in [5.41, 5.74) is 1.39. The Morgan fingerprint density at radius 1 is 1.28 bits per heavy atom. The Morgan fingerprint density at radius 2 is 2.00 bits per heavy atom. The van der Waals surface area contributed by atoms with Gasteiger partial charge < -0.3 is 10.3 Å². The van der Waals surface area contributed by atoms with E-state index in [-0.39, 0.29) is 24.5 Å². The van der Waals surface area contributed by atoms with Crippen LogP contribution in [-0.4, -0.2) is 38.2 Å². The Balaban J connectivity index is 1.53. The van der Waals surface area contributed by atoms with Gasteiger partial charge in [0.15, 0.2) is 0 Å². The Morgan fingerprint density at radius 3 is 2.68 bits per heavy atom. The number of rotatable bonds is 5. The Hall–Kier alpha value is -1.57. The normalized spacial score (nSPS) is 21.4. The van der Waals surface area contributed by atoms with Crippen molar-refractivity contribution < 1.29 is 17.4 Å². The van der Waals surface area contributed by atoms with Gasteiger partial charge in [0.05, 0.1) is 12.9 Å². The first kappa shape index (κ1) is 18.2. The van der Waals surface area contributed by atoms with E-state index in [1.807, 2.05) is 12.1 Å². The average molecular weight is 385 g/mol. The Kier molecular flexibility index (Phi) is 5.36. The molecule has 6 nitrogen and oxygen atoms in total. The molecule has 1 fully saturated rings. The van der Waals surface area contributed by atoms with Gasteiger partial charge in [0.2, 0.25) is 0 Å². The van der Waals surface area contributed by atoms with Crippen LogP contribution < -0.4 is 5.32 Å². The SMILES string of the molecule is CS(=O)(=O)OCC1CCC(NC(=O)c2cc3cc(Cl)ccc3[nH]2)CC1. The zero-order valence-electron chi connectivity index (χ0n) is 13.9. The van der Waals surface area contributed by atoms with Gasteiger partial charge in [-0.3, -0.25) is 8.98 Å². The molecule has 0 spiro atoms. The molecule has 0 unspecified atom stereocenters. The monoisotopic (exact) mass is 384 g/mol. The molecule has 1 aliphatic rings. The maximum atomic E-state index is 12.4. The molecule has 1 aromatic carbocycles. The molecule has 2 aromatic rings. The molecule has 0 saturated heterocycles. The number of halogens is 1. The molecule has 1 heterocycles. The fourth-order valence-electron chi connectivity index (χ4n) is 3.18. The third-order valence-electron chi connectivity index (χ3n) is 4.53. The van der Waals surface area contributed by atoms with E-state index in [4.69, 9.17) is 15.8 Å². The molecular weight excluding hydrogens is 364 g/mol. The number of amides is 1. The largest absolute Gasteiger partial charge is 0.351 e. The van der Waals surface area contributed by atoms with E-state index in [1.54, 1.807) is 12.1 Å². The highest BCUT2D eigenvalue weighted by atomic mass is 35.5. The van der Waals surface area contributed by atoms with Crippen LogP contribution in [0.3, 0.4) is 0 Å². The average Bonchev–Trinajstić information content (AvgIpc) is 2.96. The van der Waals surface area contributed by atoms with E-state index >= 15 is 0 Å². The summed E-state index contributed by atoms with van der Waals surface area (Å²) in [4.78, 5) is 15.5. The fraction of sp³-hybridized carbons (Fsp3) is 0.471. The molecule has 2 N–H and O–H groups in total. The van der Waals surface area contributed by atoms with E-state index < -0.39 is 10.1 Å². The van der Waals surface area contributed by atoms with Crippen LogP contribution in [0.2, 0.25) is 5.02 Å². The minimum Gasteiger partial charge on any atom is -0.351 e. The zero-order valence-corrected chi connectivity index (χ0v) is 15.5. The van der Waals surface area contributed by atoms with Crippen LogP contribution >= 0.6 is 11.6 Å². The number of aromatic amines is 1. The van der Waals surface area contributed by atoms with Crippen molar-refractivity contribution in [2.75, 3.05) is 12.9 Å². The van der Waals surface area contributed by atoms with Crippen molar-refractivity contribution in [3.05, 3.63) is 35.0 Å². The maximum absolute atomic E-state index is 12.4. The molecule has 1 amide bonds. The number of nitrogens with one attached hydrogen (secondary N) is 2. The minimum atomic E-state index is -3.39. The van der Waals surface area contributed by atoms with Gasteiger partial charge in [-0.25, -0.2) is 0 Å². The van der Waals surface area contributed by atoms with Crippen LogP contribution in [0, 0.1) is 5.92 Å². The summed E-state index contributed by atoms with van der Waals surface area (Å²) in [7, 11) is -3.39. The van der Waals surface area contributed by atoms with Crippen molar-refractivity contribution in [3.63, 3.8) is 0 Å². The van der Waals surface area contributed by atoms with Crippen LogP contribution in [0.5, 0.6) is 0 Å². The minimum absolute atomic E-state index is 0.0944. The quantitative estimate of drug-likeness (QED) is 0.775. The topological polar surface area (TPSA) is 88.3 Å². The van der Waals surface area contributed by atoms with Crippen LogP contribution in [-0.2, 0) is 14.3 Å². The molecule has 1 saturated carbocycles. The van der Waals surface area contributed by atoms with Crippen molar-refractivity contribution in [2.24, 2.45) is 5.92 Å². The first-order chi connectivity index (χ1) is 11.8. The summed E-state index contributed by atoms with van der Waals surface area (Å²) in [6, 6.07) is 7.33. The molecule has 0 aliphatic heterocycles. The molecule has 8 heteroatoms. The third kappa shape index (κ3) is 4.96. The summed E-state index contributed by atoms with van der Waals surface area (Å²) < 4.78 is 27.0. The Labute approximate surface area is 152 Å². The van der Waals surface area contributed by atoms with E-state index in [0.717, 1.165) is 42.8 Å². The fourth-order valence-corrected chi connectivity index (χ4v) is 3.80.